The van der Waals surface area contributed by atoms with E-state index in [0.717, 1.165) is 12.8 Å². The Morgan fingerprint density at radius 1 is 1.42 bits per heavy atom. The van der Waals surface area contributed by atoms with Crippen LogP contribution in [0.2, 0.25) is 0 Å². The Kier molecular flexibility index (Phi) is 3.62. The van der Waals surface area contributed by atoms with Crippen molar-refractivity contribution in [3.8, 4) is 0 Å². The van der Waals surface area contributed by atoms with Gasteiger partial charge in [-0.2, -0.15) is 0 Å². The highest BCUT2D eigenvalue weighted by Crippen LogP contribution is 2.44. The number of carbonyl (C=O) groups excluding carboxylic acids is 1. The van der Waals surface area contributed by atoms with Crippen LogP contribution in [0.15, 0.2) is 11.6 Å². The van der Waals surface area contributed by atoms with Gasteiger partial charge in [-0.3, -0.25) is 4.79 Å². The molecule has 4 atom stereocenters. The van der Waals surface area contributed by atoms with E-state index in [1.165, 1.54) is 0 Å². The van der Waals surface area contributed by atoms with Crippen LogP contribution in [-0.2, 0) is 9.53 Å². The number of aliphatic hydroxyl groups is 2. The van der Waals surface area contributed by atoms with Gasteiger partial charge in [0.05, 0.1) is 11.7 Å². The summed E-state index contributed by atoms with van der Waals surface area (Å²) < 4.78 is 6.06. The van der Waals surface area contributed by atoms with E-state index < -0.39 is 17.3 Å². The lowest BCUT2D eigenvalue weighted by molar-refractivity contribution is -0.239. The van der Waals surface area contributed by atoms with Crippen molar-refractivity contribution in [1.82, 2.24) is 0 Å². The second-order valence-electron chi connectivity index (χ2n) is 6.59. The van der Waals surface area contributed by atoms with Gasteiger partial charge >= 0.3 is 0 Å². The first-order valence-corrected chi connectivity index (χ1v) is 6.96. The molecule has 2 N–H and O–H groups in total. The molecule has 1 fully saturated rings. The second-order valence-corrected chi connectivity index (χ2v) is 6.59. The third-order valence-electron chi connectivity index (χ3n) is 4.63. The number of hydrogen-bond acceptors (Lipinski definition) is 4. The standard InChI is InChI=1S/C15H24O4/c1-9-7-12(17)15(8-11(9)16)10(2)5-6-13(19-15)14(3,4)18/h7,10,12-13,17-18H,5-6,8H2,1-4H3/t10-,12+,13+,15-/m1/s1. The molecule has 1 spiro atoms. The lowest BCUT2D eigenvalue weighted by atomic mass is 9.70. The summed E-state index contributed by atoms with van der Waals surface area (Å²) in [7, 11) is 0. The van der Waals surface area contributed by atoms with Crippen LogP contribution in [0.1, 0.15) is 47.0 Å². The Hall–Kier alpha value is -0.710. The number of ketones is 1. The van der Waals surface area contributed by atoms with E-state index in [0.29, 0.717) is 5.57 Å². The Morgan fingerprint density at radius 2 is 2.05 bits per heavy atom. The first-order chi connectivity index (χ1) is 8.67. The molecule has 0 unspecified atom stereocenters. The van der Waals surface area contributed by atoms with E-state index in [-0.39, 0.29) is 24.2 Å². The summed E-state index contributed by atoms with van der Waals surface area (Å²) in [5, 5.41) is 20.5. The highest BCUT2D eigenvalue weighted by molar-refractivity contribution is 5.96. The van der Waals surface area contributed by atoms with E-state index in [1.807, 2.05) is 6.92 Å². The fourth-order valence-electron chi connectivity index (χ4n) is 3.13. The van der Waals surface area contributed by atoms with Crippen LogP contribution >= 0.6 is 0 Å². The lowest BCUT2D eigenvalue weighted by Gasteiger charge is -2.51. The molecule has 4 nitrogen and oxygen atoms in total. The Morgan fingerprint density at radius 3 is 2.63 bits per heavy atom. The highest BCUT2D eigenvalue weighted by atomic mass is 16.5. The normalized spacial score (nSPS) is 40.4. The summed E-state index contributed by atoms with van der Waals surface area (Å²) >= 11 is 0. The zero-order valence-electron chi connectivity index (χ0n) is 12.1. The van der Waals surface area contributed by atoms with E-state index >= 15 is 0 Å². The van der Waals surface area contributed by atoms with Gasteiger partial charge in [-0.05, 0) is 51.2 Å². The Bertz CT molecular complexity index is 407. The first-order valence-electron chi connectivity index (χ1n) is 6.96. The van der Waals surface area contributed by atoms with Crippen molar-refractivity contribution in [2.45, 2.75) is 70.4 Å². The molecule has 1 aliphatic carbocycles. The number of aliphatic hydroxyl groups excluding tert-OH is 1. The molecule has 1 aliphatic heterocycles. The van der Waals surface area contributed by atoms with Gasteiger partial charge in [-0.15, -0.1) is 0 Å². The largest absolute Gasteiger partial charge is 0.388 e. The Balaban J connectivity index is 2.32. The minimum absolute atomic E-state index is 0.0218. The van der Waals surface area contributed by atoms with Gasteiger partial charge in [0.2, 0.25) is 0 Å². The molecule has 19 heavy (non-hydrogen) atoms. The van der Waals surface area contributed by atoms with Gasteiger partial charge in [0.15, 0.2) is 5.78 Å². The van der Waals surface area contributed by atoms with Gasteiger partial charge in [-0.25, -0.2) is 0 Å². The molecule has 0 amide bonds. The lowest BCUT2D eigenvalue weighted by Crippen LogP contribution is -2.60. The van der Waals surface area contributed by atoms with Gasteiger partial charge in [0, 0.05) is 6.42 Å². The van der Waals surface area contributed by atoms with Crippen molar-refractivity contribution in [3.63, 3.8) is 0 Å². The quantitative estimate of drug-likeness (QED) is 0.758. The summed E-state index contributed by atoms with van der Waals surface area (Å²) in [6, 6.07) is 0. The van der Waals surface area contributed by atoms with Gasteiger partial charge in [0.25, 0.3) is 0 Å². The average molecular weight is 268 g/mol. The van der Waals surface area contributed by atoms with Crippen molar-refractivity contribution in [2.75, 3.05) is 0 Å². The number of carbonyl (C=O) groups is 1. The third kappa shape index (κ3) is 2.49. The molecule has 0 aromatic heterocycles. The highest BCUT2D eigenvalue weighted by Gasteiger charge is 2.52. The fourth-order valence-corrected chi connectivity index (χ4v) is 3.13. The summed E-state index contributed by atoms with van der Waals surface area (Å²) in [6.07, 6.45) is 2.24. The SMILES string of the molecule is CC1=C[C@H](O)[C@]2(CC1=O)O[C@H](C(C)(C)O)CC[C@H]2C. The molecule has 2 aliphatic rings. The van der Waals surface area contributed by atoms with Crippen LogP contribution in [0.5, 0.6) is 0 Å². The predicted octanol–water partition coefficient (Wildman–Crippen LogP) is 1.59. The van der Waals surface area contributed by atoms with Gasteiger partial charge in [-0.1, -0.05) is 6.92 Å². The smallest absolute Gasteiger partial charge is 0.161 e. The van der Waals surface area contributed by atoms with Crippen molar-refractivity contribution >= 4 is 5.78 Å². The molecule has 0 saturated carbocycles. The number of hydrogen-bond donors (Lipinski definition) is 2. The molecule has 0 radical (unpaired) electrons. The minimum Gasteiger partial charge on any atom is -0.388 e. The number of rotatable bonds is 1. The maximum absolute atomic E-state index is 12.0. The first kappa shape index (κ1) is 14.7. The van der Waals surface area contributed by atoms with Crippen molar-refractivity contribution in [1.29, 1.82) is 0 Å². The summed E-state index contributed by atoms with van der Waals surface area (Å²) in [4.78, 5) is 12.0. The molecule has 4 heteroatoms. The summed E-state index contributed by atoms with van der Waals surface area (Å²) in [5.74, 6) is 0.114. The molecular weight excluding hydrogens is 244 g/mol. The zero-order chi connectivity index (χ0) is 14.4. The monoisotopic (exact) mass is 268 g/mol. The van der Waals surface area contributed by atoms with Crippen LogP contribution in [0.3, 0.4) is 0 Å². The Labute approximate surface area is 114 Å². The van der Waals surface area contributed by atoms with E-state index in [9.17, 15) is 15.0 Å². The molecule has 0 aromatic rings. The van der Waals surface area contributed by atoms with E-state index in [1.54, 1.807) is 26.8 Å². The average Bonchev–Trinajstić information content (AvgIpc) is 2.28. The number of ether oxygens (including phenoxy) is 1. The molecule has 0 bridgehead atoms. The molecule has 1 heterocycles. The molecule has 108 valence electrons. The number of allylic oxidation sites excluding steroid dienone is 1. The minimum atomic E-state index is -0.966. The summed E-state index contributed by atoms with van der Waals surface area (Å²) in [6.45, 7) is 7.14. The second kappa shape index (κ2) is 4.69. The fraction of sp³-hybridized carbons (Fsp3) is 0.800. The molecular formula is C15H24O4. The predicted molar refractivity (Wildman–Crippen MR) is 71.7 cm³/mol. The molecule has 2 rings (SSSR count). The van der Waals surface area contributed by atoms with Crippen molar-refractivity contribution in [3.05, 3.63) is 11.6 Å². The molecule has 1 saturated heterocycles. The molecule has 0 aromatic carbocycles. The van der Waals surface area contributed by atoms with Crippen LogP contribution < -0.4 is 0 Å². The summed E-state index contributed by atoms with van der Waals surface area (Å²) in [5.41, 5.74) is -1.25. The van der Waals surface area contributed by atoms with Crippen LogP contribution in [0.25, 0.3) is 0 Å². The van der Waals surface area contributed by atoms with Gasteiger partial charge in [0.1, 0.15) is 11.7 Å². The number of Topliss-reactive ketones (excluding diaryl/α,β-unsaturated/α-hetero) is 1. The van der Waals surface area contributed by atoms with Crippen molar-refractivity contribution in [2.24, 2.45) is 5.92 Å². The van der Waals surface area contributed by atoms with E-state index in [4.69, 9.17) is 4.74 Å². The maximum Gasteiger partial charge on any atom is 0.161 e. The van der Waals surface area contributed by atoms with Crippen LogP contribution in [0.4, 0.5) is 0 Å². The van der Waals surface area contributed by atoms with Crippen LogP contribution in [-0.4, -0.2) is 39.4 Å². The third-order valence-corrected chi connectivity index (χ3v) is 4.63. The van der Waals surface area contributed by atoms with Crippen LogP contribution in [0, 0.1) is 5.92 Å². The maximum atomic E-state index is 12.0. The van der Waals surface area contributed by atoms with E-state index in [2.05, 4.69) is 0 Å². The van der Waals surface area contributed by atoms with Gasteiger partial charge < -0.3 is 14.9 Å². The van der Waals surface area contributed by atoms with Crippen molar-refractivity contribution < 1.29 is 19.7 Å². The zero-order valence-corrected chi connectivity index (χ0v) is 12.1. The topological polar surface area (TPSA) is 66.8 Å².